The molecule has 0 radical (unpaired) electrons. The van der Waals surface area contributed by atoms with Gasteiger partial charge in [0.15, 0.2) is 0 Å². The summed E-state index contributed by atoms with van der Waals surface area (Å²) >= 11 is 0. The van der Waals surface area contributed by atoms with Gasteiger partial charge in [0.1, 0.15) is 0 Å². The number of methoxy groups -OCH3 is 1. The van der Waals surface area contributed by atoms with Crippen LogP contribution in [0.15, 0.2) is 12.7 Å². The zero-order valence-corrected chi connectivity index (χ0v) is 9.35. The fourth-order valence-electron chi connectivity index (χ4n) is 1.13. The van der Waals surface area contributed by atoms with Gasteiger partial charge in [0.25, 0.3) is 0 Å². The SMILES string of the molecule is C=CCCCNCCCNCCOC. The lowest BCUT2D eigenvalue weighted by Gasteiger charge is -2.05. The van der Waals surface area contributed by atoms with E-state index in [2.05, 4.69) is 17.2 Å². The van der Waals surface area contributed by atoms with Gasteiger partial charge in [-0.3, -0.25) is 0 Å². The van der Waals surface area contributed by atoms with Crippen molar-refractivity contribution >= 4 is 0 Å². The van der Waals surface area contributed by atoms with Crippen molar-refractivity contribution in [1.82, 2.24) is 10.6 Å². The van der Waals surface area contributed by atoms with Crippen LogP contribution >= 0.6 is 0 Å². The number of unbranched alkanes of at least 4 members (excludes halogenated alkanes) is 1. The summed E-state index contributed by atoms with van der Waals surface area (Å²) in [6.07, 6.45) is 5.45. The number of hydrogen-bond donors (Lipinski definition) is 2. The molecule has 0 fully saturated rings. The van der Waals surface area contributed by atoms with Crippen LogP contribution in [0.5, 0.6) is 0 Å². The van der Waals surface area contributed by atoms with Gasteiger partial charge in [-0.15, -0.1) is 6.58 Å². The largest absolute Gasteiger partial charge is 0.383 e. The van der Waals surface area contributed by atoms with Crippen molar-refractivity contribution in [2.24, 2.45) is 0 Å². The first-order valence-electron chi connectivity index (χ1n) is 5.43. The van der Waals surface area contributed by atoms with Crippen LogP contribution in [0.25, 0.3) is 0 Å². The summed E-state index contributed by atoms with van der Waals surface area (Å²) in [6, 6.07) is 0. The van der Waals surface area contributed by atoms with Crippen molar-refractivity contribution in [1.29, 1.82) is 0 Å². The summed E-state index contributed by atoms with van der Waals surface area (Å²) in [5.41, 5.74) is 0. The third kappa shape index (κ3) is 11.6. The van der Waals surface area contributed by atoms with Crippen molar-refractivity contribution in [3.63, 3.8) is 0 Å². The molecule has 0 atom stereocenters. The standard InChI is InChI=1S/C11H24N2O/c1-3-4-5-7-12-8-6-9-13-10-11-14-2/h3,12-13H,1,4-11H2,2H3. The highest BCUT2D eigenvalue weighted by molar-refractivity contribution is 4.66. The average molecular weight is 200 g/mol. The highest BCUT2D eigenvalue weighted by atomic mass is 16.5. The molecule has 0 heterocycles. The minimum atomic E-state index is 0.798. The molecule has 14 heavy (non-hydrogen) atoms. The maximum absolute atomic E-state index is 4.93. The van der Waals surface area contributed by atoms with Gasteiger partial charge < -0.3 is 15.4 Å². The zero-order chi connectivity index (χ0) is 10.5. The van der Waals surface area contributed by atoms with Gasteiger partial charge >= 0.3 is 0 Å². The second-order valence-electron chi connectivity index (χ2n) is 3.28. The molecule has 0 amide bonds. The van der Waals surface area contributed by atoms with Gasteiger partial charge in [0, 0.05) is 13.7 Å². The van der Waals surface area contributed by atoms with Crippen LogP contribution in [0.3, 0.4) is 0 Å². The predicted octanol–water partition coefficient (Wildman–Crippen LogP) is 1.17. The molecule has 0 aliphatic rings. The van der Waals surface area contributed by atoms with Crippen LogP contribution in [-0.2, 0) is 4.74 Å². The van der Waals surface area contributed by atoms with Crippen molar-refractivity contribution in [3.05, 3.63) is 12.7 Å². The Balaban J connectivity index is 2.81. The normalized spacial score (nSPS) is 10.4. The number of allylic oxidation sites excluding steroid dienone is 1. The van der Waals surface area contributed by atoms with Crippen LogP contribution in [0, 0.1) is 0 Å². The molecule has 0 aromatic heterocycles. The van der Waals surface area contributed by atoms with E-state index < -0.39 is 0 Å². The Labute approximate surface area is 87.9 Å². The fourth-order valence-corrected chi connectivity index (χ4v) is 1.13. The minimum Gasteiger partial charge on any atom is -0.383 e. The molecule has 0 spiro atoms. The van der Waals surface area contributed by atoms with E-state index in [1.807, 2.05) is 6.08 Å². The summed E-state index contributed by atoms with van der Waals surface area (Å²) in [5.74, 6) is 0. The molecule has 0 aliphatic carbocycles. The van der Waals surface area contributed by atoms with Crippen LogP contribution < -0.4 is 10.6 Å². The van der Waals surface area contributed by atoms with Crippen molar-refractivity contribution in [2.45, 2.75) is 19.3 Å². The van der Waals surface area contributed by atoms with E-state index in [1.54, 1.807) is 7.11 Å². The molecule has 0 aliphatic heterocycles. The highest BCUT2D eigenvalue weighted by Gasteiger charge is 1.88. The highest BCUT2D eigenvalue weighted by Crippen LogP contribution is 1.85. The van der Waals surface area contributed by atoms with Gasteiger partial charge in [0.05, 0.1) is 6.61 Å². The third-order valence-electron chi connectivity index (χ3n) is 1.95. The maximum atomic E-state index is 4.93. The minimum absolute atomic E-state index is 0.798. The molecule has 0 aromatic rings. The van der Waals surface area contributed by atoms with E-state index in [-0.39, 0.29) is 0 Å². The monoisotopic (exact) mass is 200 g/mol. The Morgan fingerprint density at radius 3 is 2.36 bits per heavy atom. The molecular weight excluding hydrogens is 176 g/mol. The lowest BCUT2D eigenvalue weighted by molar-refractivity contribution is 0.199. The molecule has 0 saturated heterocycles. The first-order chi connectivity index (χ1) is 6.91. The molecule has 2 N–H and O–H groups in total. The van der Waals surface area contributed by atoms with Crippen molar-refractivity contribution in [3.8, 4) is 0 Å². The Hall–Kier alpha value is -0.380. The van der Waals surface area contributed by atoms with Crippen LogP contribution in [0.1, 0.15) is 19.3 Å². The summed E-state index contributed by atoms with van der Waals surface area (Å²) < 4.78 is 4.93. The lowest BCUT2D eigenvalue weighted by Crippen LogP contribution is -2.24. The first kappa shape index (κ1) is 13.6. The molecule has 3 nitrogen and oxygen atoms in total. The molecular formula is C11H24N2O. The van der Waals surface area contributed by atoms with Crippen molar-refractivity contribution in [2.75, 3.05) is 39.9 Å². The maximum Gasteiger partial charge on any atom is 0.0587 e. The number of rotatable bonds is 11. The number of nitrogens with one attached hydrogen (secondary N) is 2. The third-order valence-corrected chi connectivity index (χ3v) is 1.95. The second-order valence-corrected chi connectivity index (χ2v) is 3.28. The van der Waals surface area contributed by atoms with E-state index in [1.165, 1.54) is 12.8 Å². The Morgan fingerprint density at radius 2 is 1.71 bits per heavy atom. The van der Waals surface area contributed by atoms with E-state index >= 15 is 0 Å². The molecule has 0 saturated carbocycles. The molecule has 3 heteroatoms. The van der Waals surface area contributed by atoms with E-state index in [0.29, 0.717) is 0 Å². The molecule has 0 aromatic carbocycles. The smallest absolute Gasteiger partial charge is 0.0587 e. The number of ether oxygens (including phenoxy) is 1. The predicted molar refractivity (Wildman–Crippen MR) is 61.7 cm³/mol. The quantitative estimate of drug-likeness (QED) is 0.388. The Bertz CT molecular complexity index is 118. The zero-order valence-electron chi connectivity index (χ0n) is 9.35. The van der Waals surface area contributed by atoms with E-state index in [0.717, 1.165) is 39.2 Å². The van der Waals surface area contributed by atoms with Crippen molar-refractivity contribution < 1.29 is 4.74 Å². The topological polar surface area (TPSA) is 33.3 Å². The second kappa shape index (κ2) is 12.6. The molecule has 0 rings (SSSR count). The molecule has 0 unspecified atom stereocenters. The molecule has 84 valence electrons. The van der Waals surface area contributed by atoms with E-state index in [4.69, 9.17) is 4.74 Å². The average Bonchev–Trinajstić information content (AvgIpc) is 2.21. The van der Waals surface area contributed by atoms with Gasteiger partial charge in [-0.25, -0.2) is 0 Å². The summed E-state index contributed by atoms with van der Waals surface area (Å²) in [5, 5.41) is 6.70. The van der Waals surface area contributed by atoms with Gasteiger partial charge in [-0.1, -0.05) is 6.08 Å². The van der Waals surface area contributed by atoms with Crippen LogP contribution in [0.4, 0.5) is 0 Å². The van der Waals surface area contributed by atoms with E-state index in [9.17, 15) is 0 Å². The number of hydrogen-bond acceptors (Lipinski definition) is 3. The Morgan fingerprint density at radius 1 is 1.07 bits per heavy atom. The van der Waals surface area contributed by atoms with Crippen LogP contribution in [-0.4, -0.2) is 39.9 Å². The van der Waals surface area contributed by atoms with Gasteiger partial charge in [-0.05, 0) is 38.9 Å². The summed E-state index contributed by atoms with van der Waals surface area (Å²) in [4.78, 5) is 0. The lowest BCUT2D eigenvalue weighted by atomic mass is 10.3. The fraction of sp³-hybridized carbons (Fsp3) is 0.818. The molecule has 0 bridgehead atoms. The Kier molecular flexibility index (Phi) is 12.3. The summed E-state index contributed by atoms with van der Waals surface area (Å²) in [6.45, 7) is 8.70. The van der Waals surface area contributed by atoms with Gasteiger partial charge in [-0.2, -0.15) is 0 Å². The van der Waals surface area contributed by atoms with Crippen LogP contribution in [0.2, 0.25) is 0 Å². The van der Waals surface area contributed by atoms with Gasteiger partial charge in [0.2, 0.25) is 0 Å². The first-order valence-corrected chi connectivity index (χ1v) is 5.43. The summed E-state index contributed by atoms with van der Waals surface area (Å²) in [7, 11) is 1.73.